The van der Waals surface area contributed by atoms with Gasteiger partial charge in [0.25, 0.3) is 0 Å². The highest BCUT2D eigenvalue weighted by Crippen LogP contribution is 2.29. The van der Waals surface area contributed by atoms with Crippen LogP contribution in [0.4, 0.5) is 5.69 Å². The van der Waals surface area contributed by atoms with E-state index in [-0.39, 0.29) is 11.5 Å². The summed E-state index contributed by atoms with van der Waals surface area (Å²) in [6, 6.07) is 10.2. The predicted molar refractivity (Wildman–Crippen MR) is 76.6 cm³/mol. The van der Waals surface area contributed by atoms with Crippen molar-refractivity contribution in [1.29, 1.82) is 0 Å². The first-order valence-corrected chi connectivity index (χ1v) is 6.11. The molecule has 2 aromatic rings. The minimum Gasteiger partial charge on any atom is -0.507 e. The van der Waals surface area contributed by atoms with E-state index < -0.39 is 0 Å². The van der Waals surface area contributed by atoms with E-state index in [4.69, 9.17) is 9.47 Å². The molecular weight excluding hydrogens is 258 g/mol. The third kappa shape index (κ3) is 3.06. The van der Waals surface area contributed by atoms with E-state index in [2.05, 4.69) is 5.32 Å². The molecule has 0 atom stereocenters. The van der Waals surface area contributed by atoms with Gasteiger partial charge >= 0.3 is 0 Å². The van der Waals surface area contributed by atoms with Crippen molar-refractivity contribution in [3.63, 3.8) is 0 Å². The molecule has 106 valence electrons. The van der Waals surface area contributed by atoms with Gasteiger partial charge in [0, 0.05) is 29.9 Å². The standard InChI is InChI=1S/C15H17NO4/c1-19-12-5-3-10(13(17)8-12)9-16-11-4-6-15(20-2)14(18)7-11/h3-8,16-18H,9H2,1-2H3. The summed E-state index contributed by atoms with van der Waals surface area (Å²) >= 11 is 0. The Labute approximate surface area is 117 Å². The van der Waals surface area contributed by atoms with Crippen LogP contribution in [-0.2, 0) is 6.54 Å². The third-order valence-electron chi connectivity index (χ3n) is 2.95. The van der Waals surface area contributed by atoms with Crippen LogP contribution in [0.5, 0.6) is 23.0 Å². The Balaban J connectivity index is 2.07. The molecule has 0 aromatic heterocycles. The number of rotatable bonds is 5. The van der Waals surface area contributed by atoms with Gasteiger partial charge in [0.05, 0.1) is 14.2 Å². The zero-order valence-electron chi connectivity index (χ0n) is 11.4. The summed E-state index contributed by atoms with van der Waals surface area (Å²) in [5.74, 6) is 1.25. The largest absolute Gasteiger partial charge is 0.507 e. The normalized spacial score (nSPS) is 10.1. The van der Waals surface area contributed by atoms with E-state index in [0.29, 0.717) is 18.0 Å². The molecule has 0 fully saturated rings. The van der Waals surface area contributed by atoms with Crippen LogP contribution < -0.4 is 14.8 Å². The number of nitrogens with one attached hydrogen (secondary N) is 1. The molecule has 0 heterocycles. The van der Waals surface area contributed by atoms with Gasteiger partial charge in [-0.15, -0.1) is 0 Å². The molecule has 2 aromatic carbocycles. The van der Waals surface area contributed by atoms with Crippen molar-refractivity contribution in [3.05, 3.63) is 42.0 Å². The highest BCUT2D eigenvalue weighted by atomic mass is 16.5. The number of aromatic hydroxyl groups is 2. The summed E-state index contributed by atoms with van der Waals surface area (Å²) in [6.45, 7) is 0.432. The average Bonchev–Trinajstić information content (AvgIpc) is 2.46. The Bertz CT molecular complexity index is 598. The maximum Gasteiger partial charge on any atom is 0.160 e. The van der Waals surface area contributed by atoms with E-state index in [1.807, 2.05) is 0 Å². The lowest BCUT2D eigenvalue weighted by molar-refractivity contribution is 0.373. The fraction of sp³-hybridized carbons (Fsp3) is 0.200. The molecule has 3 N–H and O–H groups in total. The zero-order chi connectivity index (χ0) is 14.5. The maximum absolute atomic E-state index is 9.85. The van der Waals surface area contributed by atoms with Crippen molar-refractivity contribution in [3.8, 4) is 23.0 Å². The van der Waals surface area contributed by atoms with Crippen molar-refractivity contribution in [2.75, 3.05) is 19.5 Å². The summed E-state index contributed by atoms with van der Waals surface area (Å²) < 4.78 is 10.0. The summed E-state index contributed by atoms with van der Waals surface area (Å²) in [5.41, 5.74) is 1.47. The fourth-order valence-corrected chi connectivity index (χ4v) is 1.82. The third-order valence-corrected chi connectivity index (χ3v) is 2.95. The summed E-state index contributed by atoms with van der Waals surface area (Å²) in [5, 5.41) is 22.6. The van der Waals surface area contributed by atoms with Gasteiger partial charge in [-0.25, -0.2) is 0 Å². The number of ether oxygens (including phenoxy) is 2. The lowest BCUT2D eigenvalue weighted by Crippen LogP contribution is -2.00. The smallest absolute Gasteiger partial charge is 0.160 e. The lowest BCUT2D eigenvalue weighted by Gasteiger charge is -2.11. The van der Waals surface area contributed by atoms with E-state index in [0.717, 1.165) is 11.3 Å². The van der Waals surface area contributed by atoms with Crippen LogP contribution in [0.15, 0.2) is 36.4 Å². The molecule has 5 heteroatoms. The summed E-state index contributed by atoms with van der Waals surface area (Å²) in [6.07, 6.45) is 0. The molecule has 0 aliphatic rings. The number of anilines is 1. The first-order chi connectivity index (χ1) is 9.63. The molecular formula is C15H17NO4. The number of hydrogen-bond acceptors (Lipinski definition) is 5. The highest BCUT2D eigenvalue weighted by molar-refractivity contribution is 5.54. The fourth-order valence-electron chi connectivity index (χ4n) is 1.82. The molecule has 0 aliphatic heterocycles. The molecule has 2 rings (SSSR count). The van der Waals surface area contributed by atoms with Crippen LogP contribution in [0.25, 0.3) is 0 Å². The number of phenols is 2. The van der Waals surface area contributed by atoms with E-state index in [1.54, 1.807) is 43.5 Å². The van der Waals surface area contributed by atoms with Crippen LogP contribution >= 0.6 is 0 Å². The number of methoxy groups -OCH3 is 2. The van der Waals surface area contributed by atoms with E-state index >= 15 is 0 Å². The second kappa shape index (κ2) is 6.06. The van der Waals surface area contributed by atoms with Crippen LogP contribution in [0, 0.1) is 0 Å². The van der Waals surface area contributed by atoms with Gasteiger partial charge in [0.1, 0.15) is 11.5 Å². The van der Waals surface area contributed by atoms with E-state index in [9.17, 15) is 10.2 Å². The molecule has 20 heavy (non-hydrogen) atoms. The second-order valence-electron chi connectivity index (χ2n) is 4.23. The van der Waals surface area contributed by atoms with Crippen LogP contribution in [0.2, 0.25) is 0 Å². The van der Waals surface area contributed by atoms with E-state index in [1.165, 1.54) is 7.11 Å². The SMILES string of the molecule is COc1ccc(CNc2ccc(OC)c(O)c2)c(O)c1. The molecule has 0 saturated heterocycles. The molecule has 0 unspecified atom stereocenters. The highest BCUT2D eigenvalue weighted by Gasteiger charge is 2.05. The zero-order valence-corrected chi connectivity index (χ0v) is 11.4. The molecule has 5 nitrogen and oxygen atoms in total. The predicted octanol–water partition coefficient (Wildman–Crippen LogP) is 2.73. The number of hydrogen-bond donors (Lipinski definition) is 3. The number of phenolic OH excluding ortho intramolecular Hbond substituents is 2. The van der Waals surface area contributed by atoms with Gasteiger partial charge < -0.3 is 25.0 Å². The Morgan fingerprint density at radius 2 is 1.75 bits per heavy atom. The van der Waals surface area contributed by atoms with Crippen LogP contribution in [0.3, 0.4) is 0 Å². The summed E-state index contributed by atoms with van der Waals surface area (Å²) in [4.78, 5) is 0. The Morgan fingerprint density at radius 1 is 0.950 bits per heavy atom. The van der Waals surface area contributed by atoms with Crippen LogP contribution in [0.1, 0.15) is 5.56 Å². The Kier molecular flexibility index (Phi) is 4.20. The quantitative estimate of drug-likeness (QED) is 0.782. The molecule has 0 bridgehead atoms. The van der Waals surface area contributed by atoms with Crippen molar-refractivity contribution in [1.82, 2.24) is 0 Å². The second-order valence-corrected chi connectivity index (χ2v) is 4.23. The Morgan fingerprint density at radius 3 is 2.35 bits per heavy atom. The Hall–Kier alpha value is -2.56. The first kappa shape index (κ1) is 13.9. The monoisotopic (exact) mass is 275 g/mol. The lowest BCUT2D eigenvalue weighted by atomic mass is 10.2. The van der Waals surface area contributed by atoms with Crippen molar-refractivity contribution >= 4 is 5.69 Å². The topological polar surface area (TPSA) is 71.0 Å². The van der Waals surface area contributed by atoms with Crippen LogP contribution in [-0.4, -0.2) is 24.4 Å². The minimum atomic E-state index is 0.0662. The molecule has 0 radical (unpaired) electrons. The van der Waals surface area contributed by atoms with Crippen molar-refractivity contribution in [2.24, 2.45) is 0 Å². The van der Waals surface area contributed by atoms with Gasteiger partial charge in [-0.05, 0) is 24.3 Å². The van der Waals surface area contributed by atoms with Crippen molar-refractivity contribution < 1.29 is 19.7 Å². The van der Waals surface area contributed by atoms with Gasteiger partial charge in [-0.3, -0.25) is 0 Å². The first-order valence-electron chi connectivity index (χ1n) is 6.11. The maximum atomic E-state index is 9.85. The molecule has 0 spiro atoms. The van der Waals surface area contributed by atoms with Gasteiger partial charge in [-0.1, -0.05) is 0 Å². The summed E-state index contributed by atoms with van der Waals surface area (Å²) in [7, 11) is 3.05. The van der Waals surface area contributed by atoms with Gasteiger partial charge in [-0.2, -0.15) is 0 Å². The molecule has 0 amide bonds. The average molecular weight is 275 g/mol. The van der Waals surface area contributed by atoms with Gasteiger partial charge in [0.2, 0.25) is 0 Å². The molecule has 0 saturated carbocycles. The number of benzene rings is 2. The minimum absolute atomic E-state index is 0.0662. The van der Waals surface area contributed by atoms with Gasteiger partial charge in [0.15, 0.2) is 11.5 Å². The molecule has 0 aliphatic carbocycles. The van der Waals surface area contributed by atoms with Crippen molar-refractivity contribution in [2.45, 2.75) is 6.54 Å².